The van der Waals surface area contributed by atoms with Crippen molar-refractivity contribution in [2.75, 3.05) is 26.7 Å². The number of nitrogens with one attached hydrogen (secondary N) is 2. The molecule has 1 aliphatic rings. The van der Waals surface area contributed by atoms with Crippen LogP contribution in [-0.4, -0.2) is 47.5 Å². The molecule has 1 aromatic carbocycles. The zero-order valence-corrected chi connectivity index (χ0v) is 15.6. The van der Waals surface area contributed by atoms with Gasteiger partial charge in [-0.15, -0.1) is 0 Å². The van der Waals surface area contributed by atoms with Gasteiger partial charge in [-0.05, 0) is 0 Å². The van der Waals surface area contributed by atoms with Gasteiger partial charge in [0.25, 0.3) is 0 Å². The molecule has 1 aliphatic heterocycles. The van der Waals surface area contributed by atoms with Crippen molar-refractivity contribution >= 4 is 36.7 Å². The van der Waals surface area contributed by atoms with Crippen molar-refractivity contribution in [3.05, 3.63) is 29.3 Å². The number of methoxy groups -OCH3 is 1. The van der Waals surface area contributed by atoms with E-state index in [-0.39, 0.29) is 6.09 Å². The molecule has 122 valence electrons. The monoisotopic (exact) mass is 386 g/mol. The molecule has 6 heteroatoms. The Morgan fingerprint density at radius 1 is 1.55 bits per heavy atom. The molecule has 2 rings (SSSR count). The summed E-state index contributed by atoms with van der Waals surface area (Å²) in [6, 6.07) is 8.37. The molecule has 1 fully saturated rings. The molecular weight excluding hydrogens is 363 g/mol. The molecule has 2 N–H and O–H groups in total. The fourth-order valence-electron chi connectivity index (χ4n) is 2.79. The maximum atomic E-state index is 11.1. The van der Waals surface area contributed by atoms with Crippen LogP contribution in [-0.2, 0) is 4.74 Å². The van der Waals surface area contributed by atoms with E-state index in [1.165, 1.54) is 29.5 Å². The van der Waals surface area contributed by atoms with Gasteiger partial charge in [0.2, 0.25) is 0 Å². The second-order valence-electron chi connectivity index (χ2n) is 5.45. The summed E-state index contributed by atoms with van der Waals surface area (Å²) in [7, 11) is 1.40. The Bertz CT molecular complexity index is 481. The number of alkyl carbamates (subject to hydrolysis) is 1. The van der Waals surface area contributed by atoms with Gasteiger partial charge < -0.3 is 0 Å². The van der Waals surface area contributed by atoms with Crippen molar-refractivity contribution in [2.24, 2.45) is 0 Å². The van der Waals surface area contributed by atoms with Crippen LogP contribution >= 0.6 is 11.6 Å². The van der Waals surface area contributed by atoms with E-state index in [2.05, 4.69) is 33.6 Å². The van der Waals surface area contributed by atoms with Crippen LogP contribution in [0.15, 0.2) is 24.3 Å². The molecule has 0 bridgehead atoms. The Balaban J connectivity index is 1.97. The van der Waals surface area contributed by atoms with E-state index >= 15 is 0 Å². The van der Waals surface area contributed by atoms with E-state index < -0.39 is 14.7 Å². The van der Waals surface area contributed by atoms with E-state index in [4.69, 9.17) is 11.6 Å². The first-order valence-corrected chi connectivity index (χ1v) is 11.5. The number of rotatable bonds is 6. The van der Waals surface area contributed by atoms with Gasteiger partial charge in [0, 0.05) is 0 Å². The molecule has 0 saturated carbocycles. The summed E-state index contributed by atoms with van der Waals surface area (Å²) in [4.78, 5) is 11.1. The third-order valence-electron chi connectivity index (χ3n) is 3.88. The van der Waals surface area contributed by atoms with Crippen molar-refractivity contribution in [3.63, 3.8) is 0 Å². The third-order valence-corrected chi connectivity index (χ3v) is 10.5. The zero-order valence-electron chi connectivity index (χ0n) is 13.0. The van der Waals surface area contributed by atoms with E-state index in [0.29, 0.717) is 6.54 Å². The number of hydrogen-bond donors (Lipinski definition) is 2. The summed E-state index contributed by atoms with van der Waals surface area (Å²) in [5.41, 5.74) is 0. The number of piperidine rings is 1. The quantitative estimate of drug-likeness (QED) is 0.583. The van der Waals surface area contributed by atoms with Crippen molar-refractivity contribution in [3.8, 4) is 0 Å². The number of carbonyl (C=O) groups is 1. The summed E-state index contributed by atoms with van der Waals surface area (Å²) in [6.45, 7) is 2.94. The van der Waals surface area contributed by atoms with Crippen molar-refractivity contribution in [1.82, 2.24) is 10.6 Å². The molecule has 0 aromatic heterocycles. The Hall–Kier alpha value is -0.702. The van der Waals surface area contributed by atoms with Gasteiger partial charge >= 0.3 is 142 Å². The Labute approximate surface area is 142 Å². The number of halogens is 1. The number of amides is 1. The summed E-state index contributed by atoms with van der Waals surface area (Å²) in [6.07, 6.45) is 3.22. The molecular formula is C16H24AsClN2O2. The Kier molecular flexibility index (Phi) is 7.57. The first-order valence-electron chi connectivity index (χ1n) is 7.75. The Morgan fingerprint density at radius 3 is 3.09 bits per heavy atom. The van der Waals surface area contributed by atoms with E-state index in [9.17, 15) is 4.79 Å². The molecule has 1 amide bonds. The predicted molar refractivity (Wildman–Crippen MR) is 92.5 cm³/mol. The van der Waals surface area contributed by atoms with Crippen LogP contribution < -0.4 is 15.0 Å². The van der Waals surface area contributed by atoms with Crippen molar-refractivity contribution < 1.29 is 9.53 Å². The average Bonchev–Trinajstić information content (AvgIpc) is 2.55. The topological polar surface area (TPSA) is 50.4 Å². The molecule has 0 aliphatic carbocycles. The molecule has 2 atom stereocenters. The molecule has 1 saturated heterocycles. The van der Waals surface area contributed by atoms with Gasteiger partial charge in [-0.2, -0.15) is 0 Å². The fourth-order valence-corrected chi connectivity index (χ4v) is 9.38. The standard InChI is InChI=1S/C16H24AsClN2O2/c1-22-16(21)20-10-4-8-17(14-6-3-9-19-12-14)13-5-2-7-15(18)11-13/h2,5,7,11,14,19H,3-4,6,8-10,12H2,1H3,(H,20,21). The third kappa shape index (κ3) is 5.49. The Morgan fingerprint density at radius 2 is 2.41 bits per heavy atom. The molecule has 1 heterocycles. The summed E-state index contributed by atoms with van der Waals surface area (Å²) in [5, 5.41) is 8.32. The zero-order chi connectivity index (χ0) is 15.8. The first kappa shape index (κ1) is 17.6. The minimum absolute atomic E-state index is 0.346. The predicted octanol–water partition coefficient (Wildman–Crippen LogP) is 2.54. The second-order valence-corrected chi connectivity index (χ2v) is 11.4. The molecule has 2 unspecified atom stereocenters. The number of ether oxygens (including phenoxy) is 1. The van der Waals surface area contributed by atoms with Crippen LogP contribution in [0.25, 0.3) is 0 Å². The molecule has 0 spiro atoms. The van der Waals surface area contributed by atoms with Crippen molar-refractivity contribution in [1.29, 1.82) is 0 Å². The number of benzene rings is 1. The SMILES string of the molecule is COC(=O)NCCC[As](c1cccc(Cl)c1)C1CCCNC1. The van der Waals surface area contributed by atoms with Crippen LogP contribution in [0.5, 0.6) is 0 Å². The molecule has 0 radical (unpaired) electrons. The summed E-state index contributed by atoms with van der Waals surface area (Å²) >= 11 is 4.99. The second kappa shape index (κ2) is 9.44. The van der Waals surface area contributed by atoms with Crippen LogP contribution in [0.4, 0.5) is 4.79 Å². The average molecular weight is 387 g/mol. The maximum absolute atomic E-state index is 11.1. The molecule has 1 aromatic rings. The molecule has 4 nitrogen and oxygen atoms in total. The van der Waals surface area contributed by atoms with Gasteiger partial charge in [-0.1, -0.05) is 0 Å². The van der Waals surface area contributed by atoms with Crippen LogP contribution in [0.1, 0.15) is 19.3 Å². The number of hydrogen-bond acceptors (Lipinski definition) is 3. The van der Waals surface area contributed by atoms with Crippen LogP contribution in [0.3, 0.4) is 0 Å². The van der Waals surface area contributed by atoms with E-state index in [1.807, 2.05) is 6.07 Å². The van der Waals surface area contributed by atoms with Crippen LogP contribution in [0.2, 0.25) is 14.9 Å². The normalized spacial score (nSPS) is 19.5. The minimum atomic E-state index is -1.19. The van der Waals surface area contributed by atoms with Gasteiger partial charge in [0.1, 0.15) is 0 Å². The van der Waals surface area contributed by atoms with Crippen molar-refractivity contribution in [2.45, 2.75) is 29.2 Å². The van der Waals surface area contributed by atoms with Gasteiger partial charge in [0.15, 0.2) is 0 Å². The molecule has 22 heavy (non-hydrogen) atoms. The van der Waals surface area contributed by atoms with Gasteiger partial charge in [-0.25, -0.2) is 0 Å². The van der Waals surface area contributed by atoms with Crippen LogP contribution in [0, 0.1) is 0 Å². The number of carbonyl (C=O) groups excluding carboxylic acids is 1. The fraction of sp³-hybridized carbons (Fsp3) is 0.562. The summed E-state index contributed by atoms with van der Waals surface area (Å²) < 4.78 is 6.83. The van der Waals surface area contributed by atoms with E-state index in [1.54, 1.807) is 0 Å². The van der Waals surface area contributed by atoms with Gasteiger partial charge in [0.05, 0.1) is 0 Å². The van der Waals surface area contributed by atoms with Gasteiger partial charge in [-0.3, -0.25) is 0 Å². The van der Waals surface area contributed by atoms with E-state index in [0.717, 1.165) is 29.2 Å². The summed E-state index contributed by atoms with van der Waals surface area (Å²) in [5.74, 6) is 0. The first-order chi connectivity index (χ1) is 10.7.